The Balaban J connectivity index is 0.000000148. The number of hydrogen-bond donors (Lipinski definition) is 2. The zero-order valence-electron chi connectivity index (χ0n) is 21.6. The molecule has 0 aromatic rings. The van der Waals surface area contributed by atoms with E-state index in [-0.39, 0.29) is 47.2 Å². The second-order valence-corrected chi connectivity index (χ2v) is 12.2. The number of aliphatic hydroxyl groups is 2. The van der Waals surface area contributed by atoms with Gasteiger partial charge in [0.1, 0.15) is 22.4 Å². The van der Waals surface area contributed by atoms with E-state index in [9.17, 15) is 29.4 Å². The number of carbonyl (C=O) groups excluding carboxylic acids is 4. The van der Waals surface area contributed by atoms with E-state index in [1.54, 1.807) is 0 Å². The summed E-state index contributed by atoms with van der Waals surface area (Å²) in [6.07, 6.45) is 11.3. The maximum Gasteiger partial charge on any atom is 0.303 e. The first-order chi connectivity index (χ1) is 17.0. The molecule has 36 heavy (non-hydrogen) atoms. The minimum atomic E-state index is -1.22. The van der Waals surface area contributed by atoms with Gasteiger partial charge in [-0.2, -0.15) is 0 Å². The van der Waals surface area contributed by atoms with Crippen molar-refractivity contribution < 1.29 is 38.9 Å². The molecule has 0 aromatic carbocycles. The highest BCUT2D eigenvalue weighted by molar-refractivity contribution is 5.95. The van der Waals surface area contributed by atoms with Gasteiger partial charge in [-0.3, -0.25) is 19.2 Å². The Bertz CT molecular complexity index is 885. The van der Waals surface area contributed by atoms with E-state index in [4.69, 9.17) is 9.47 Å². The van der Waals surface area contributed by atoms with E-state index in [1.165, 1.54) is 13.8 Å². The van der Waals surface area contributed by atoms with E-state index in [0.717, 1.165) is 77.0 Å². The van der Waals surface area contributed by atoms with Gasteiger partial charge in [0, 0.05) is 25.7 Å². The van der Waals surface area contributed by atoms with Crippen molar-refractivity contribution in [1.82, 2.24) is 0 Å². The van der Waals surface area contributed by atoms with Crippen LogP contribution in [0, 0.1) is 23.7 Å². The van der Waals surface area contributed by atoms with Crippen molar-refractivity contribution in [3.05, 3.63) is 0 Å². The molecule has 6 fully saturated rings. The van der Waals surface area contributed by atoms with Gasteiger partial charge < -0.3 is 19.7 Å². The minimum absolute atomic E-state index is 0.0639. The molecule has 0 amide bonds. The summed E-state index contributed by atoms with van der Waals surface area (Å²) < 4.78 is 11.2. The normalized spacial score (nSPS) is 46.7. The van der Waals surface area contributed by atoms with Crippen LogP contribution >= 0.6 is 0 Å². The molecule has 0 saturated heterocycles. The number of hydrogen-bond acceptors (Lipinski definition) is 8. The third-order valence-corrected chi connectivity index (χ3v) is 10.4. The molecule has 200 valence electrons. The third kappa shape index (κ3) is 3.53. The maximum atomic E-state index is 12.5. The number of ether oxygens (including phenoxy) is 2. The van der Waals surface area contributed by atoms with Gasteiger partial charge in [-0.1, -0.05) is 25.7 Å². The molecular formula is C28H40O8. The van der Waals surface area contributed by atoms with Gasteiger partial charge in [0.25, 0.3) is 0 Å². The van der Waals surface area contributed by atoms with Crippen molar-refractivity contribution in [3.63, 3.8) is 0 Å². The predicted molar refractivity (Wildman–Crippen MR) is 128 cm³/mol. The van der Waals surface area contributed by atoms with Gasteiger partial charge in [0.15, 0.2) is 11.6 Å². The van der Waals surface area contributed by atoms with Crippen LogP contribution in [0.4, 0.5) is 0 Å². The van der Waals surface area contributed by atoms with Crippen LogP contribution in [0.1, 0.15) is 104 Å². The molecule has 8 heteroatoms. The lowest BCUT2D eigenvalue weighted by Gasteiger charge is -2.41. The average Bonchev–Trinajstić information content (AvgIpc) is 3.50. The standard InChI is InChI=1S/2C14H20O4/c2*1-9(15)18-14-8-4-5-10(14)12(16)13(17)7-3-2-6-11(13)14/h2*10-11,17H,2-8H2,1H3/t2*10-,11-,13-,14+/m00/s1. The molecular weight excluding hydrogens is 464 g/mol. The lowest BCUT2D eigenvalue weighted by molar-refractivity contribution is -0.173. The van der Waals surface area contributed by atoms with Gasteiger partial charge in [-0.25, -0.2) is 0 Å². The smallest absolute Gasteiger partial charge is 0.303 e. The molecule has 0 aliphatic heterocycles. The maximum absolute atomic E-state index is 12.5. The number of ketones is 2. The van der Waals surface area contributed by atoms with Crippen molar-refractivity contribution in [1.29, 1.82) is 0 Å². The summed E-state index contributed by atoms with van der Waals surface area (Å²) in [7, 11) is 0. The summed E-state index contributed by atoms with van der Waals surface area (Å²) in [5.74, 6) is -1.68. The predicted octanol–water partition coefficient (Wildman–Crippen LogP) is 3.18. The minimum Gasteiger partial charge on any atom is -0.458 e. The van der Waals surface area contributed by atoms with Crippen LogP contribution < -0.4 is 0 Å². The summed E-state index contributed by atoms with van der Waals surface area (Å²) in [6.45, 7) is 2.80. The Labute approximate surface area is 212 Å². The van der Waals surface area contributed by atoms with E-state index in [2.05, 4.69) is 0 Å². The largest absolute Gasteiger partial charge is 0.458 e. The monoisotopic (exact) mass is 504 g/mol. The van der Waals surface area contributed by atoms with Crippen LogP contribution in [0.3, 0.4) is 0 Å². The molecule has 0 unspecified atom stereocenters. The lowest BCUT2D eigenvalue weighted by atomic mass is 9.72. The zero-order valence-corrected chi connectivity index (χ0v) is 21.6. The van der Waals surface area contributed by atoms with Crippen molar-refractivity contribution in [2.75, 3.05) is 0 Å². The Morgan fingerprint density at radius 3 is 1.39 bits per heavy atom. The summed E-state index contributed by atoms with van der Waals surface area (Å²) in [6, 6.07) is 0. The number of rotatable bonds is 2. The van der Waals surface area contributed by atoms with Gasteiger partial charge in [-0.15, -0.1) is 0 Å². The van der Waals surface area contributed by atoms with E-state index >= 15 is 0 Å². The van der Waals surface area contributed by atoms with Crippen molar-refractivity contribution >= 4 is 23.5 Å². The molecule has 8 atom stereocenters. The van der Waals surface area contributed by atoms with Crippen LogP contribution in [0.2, 0.25) is 0 Å². The fourth-order valence-corrected chi connectivity index (χ4v) is 9.27. The molecule has 8 nitrogen and oxygen atoms in total. The molecule has 6 rings (SSSR count). The Morgan fingerprint density at radius 1 is 0.639 bits per heavy atom. The fraction of sp³-hybridized carbons (Fsp3) is 0.857. The molecule has 0 heterocycles. The topological polar surface area (TPSA) is 127 Å². The van der Waals surface area contributed by atoms with Crippen LogP contribution in [0.5, 0.6) is 0 Å². The first-order valence-corrected chi connectivity index (χ1v) is 13.9. The Morgan fingerprint density at radius 2 is 1.03 bits per heavy atom. The summed E-state index contributed by atoms with van der Waals surface area (Å²) >= 11 is 0. The first kappa shape index (κ1) is 25.8. The van der Waals surface area contributed by atoms with Crippen LogP contribution in [-0.2, 0) is 28.7 Å². The Hall–Kier alpha value is -1.80. The van der Waals surface area contributed by atoms with Gasteiger partial charge in [-0.05, 0) is 64.2 Å². The van der Waals surface area contributed by atoms with Gasteiger partial charge in [0.05, 0.1) is 11.8 Å². The number of fused-ring (bicyclic) bond motifs is 6. The van der Waals surface area contributed by atoms with E-state index < -0.39 is 22.4 Å². The summed E-state index contributed by atoms with van der Waals surface area (Å²) in [5.41, 5.74) is -3.84. The quantitative estimate of drug-likeness (QED) is 0.549. The molecule has 6 saturated carbocycles. The van der Waals surface area contributed by atoms with Gasteiger partial charge >= 0.3 is 11.9 Å². The highest BCUT2D eigenvalue weighted by Crippen LogP contribution is 2.61. The second-order valence-electron chi connectivity index (χ2n) is 12.2. The summed E-state index contributed by atoms with van der Waals surface area (Å²) in [4.78, 5) is 47.8. The van der Waals surface area contributed by atoms with Crippen LogP contribution in [0.15, 0.2) is 0 Å². The van der Waals surface area contributed by atoms with Gasteiger partial charge in [0.2, 0.25) is 0 Å². The molecule has 0 radical (unpaired) electrons. The van der Waals surface area contributed by atoms with Crippen LogP contribution in [-0.4, -0.2) is 56.1 Å². The highest BCUT2D eigenvalue weighted by Gasteiger charge is 2.71. The molecule has 0 bridgehead atoms. The first-order valence-electron chi connectivity index (χ1n) is 13.9. The number of esters is 2. The zero-order chi connectivity index (χ0) is 25.9. The molecule has 0 spiro atoms. The van der Waals surface area contributed by atoms with Crippen molar-refractivity contribution in [2.24, 2.45) is 23.7 Å². The molecule has 6 aliphatic rings. The van der Waals surface area contributed by atoms with E-state index in [0.29, 0.717) is 12.8 Å². The van der Waals surface area contributed by atoms with Crippen molar-refractivity contribution in [3.8, 4) is 0 Å². The Kier molecular flexibility index (Phi) is 6.38. The summed E-state index contributed by atoms with van der Waals surface area (Å²) in [5, 5.41) is 21.4. The molecule has 6 aliphatic carbocycles. The third-order valence-electron chi connectivity index (χ3n) is 10.4. The van der Waals surface area contributed by atoms with Crippen molar-refractivity contribution in [2.45, 2.75) is 126 Å². The average molecular weight is 505 g/mol. The fourth-order valence-electron chi connectivity index (χ4n) is 9.27. The second kappa shape index (κ2) is 8.90. The highest BCUT2D eigenvalue weighted by atomic mass is 16.6. The number of Topliss-reactive ketones (excluding diaryl/α,β-unsaturated/α-hetero) is 2. The molecule has 0 aromatic heterocycles. The SMILES string of the molecule is CC(=O)O[C@]12CCC[C@H]1C(=O)[C@]1(O)CCCC[C@H]21.CC(=O)O[C@]12CCC[C@H]1C(=O)[C@]1(O)CCCC[C@H]21. The molecule has 2 N–H and O–H groups in total. The van der Waals surface area contributed by atoms with Crippen LogP contribution in [0.25, 0.3) is 0 Å². The number of carbonyl (C=O) groups is 4. The van der Waals surface area contributed by atoms with E-state index in [1.807, 2.05) is 0 Å². The lowest BCUT2D eigenvalue weighted by Crippen LogP contribution is -2.49.